The standard InChI is InChI=1S/C15H29NO2/c1-4-11-16-15(12-14(17)18-6-3)10-8-7-9-13(15)5-2/h13,16H,4-12H2,1-3H3. The summed E-state index contributed by atoms with van der Waals surface area (Å²) in [5.41, 5.74) is -0.00470. The smallest absolute Gasteiger partial charge is 0.307 e. The summed E-state index contributed by atoms with van der Waals surface area (Å²) in [5.74, 6) is 0.573. The lowest BCUT2D eigenvalue weighted by Crippen LogP contribution is -2.54. The van der Waals surface area contributed by atoms with Gasteiger partial charge in [-0.3, -0.25) is 4.79 Å². The Morgan fingerprint density at radius 1 is 1.33 bits per heavy atom. The largest absolute Gasteiger partial charge is 0.466 e. The van der Waals surface area contributed by atoms with Crippen LogP contribution >= 0.6 is 0 Å². The van der Waals surface area contributed by atoms with E-state index in [9.17, 15) is 4.79 Å². The lowest BCUT2D eigenvalue weighted by atomic mass is 9.69. The van der Waals surface area contributed by atoms with Crippen molar-refractivity contribution in [1.29, 1.82) is 0 Å². The molecule has 0 saturated heterocycles. The molecule has 2 atom stereocenters. The Morgan fingerprint density at radius 3 is 2.72 bits per heavy atom. The maximum atomic E-state index is 11.9. The van der Waals surface area contributed by atoms with Crippen molar-refractivity contribution in [2.75, 3.05) is 13.2 Å². The molecule has 0 aliphatic heterocycles. The minimum absolute atomic E-state index is 0.00470. The zero-order valence-electron chi connectivity index (χ0n) is 12.3. The molecule has 1 aliphatic rings. The van der Waals surface area contributed by atoms with Crippen LogP contribution in [0.5, 0.6) is 0 Å². The molecule has 0 radical (unpaired) electrons. The maximum absolute atomic E-state index is 11.9. The average molecular weight is 255 g/mol. The Kier molecular flexibility index (Phi) is 6.69. The molecule has 1 aliphatic carbocycles. The van der Waals surface area contributed by atoms with Crippen LogP contribution < -0.4 is 5.32 Å². The van der Waals surface area contributed by atoms with Gasteiger partial charge in [0.05, 0.1) is 13.0 Å². The molecule has 1 saturated carbocycles. The highest BCUT2D eigenvalue weighted by Crippen LogP contribution is 2.38. The van der Waals surface area contributed by atoms with Crippen LogP contribution in [0.1, 0.15) is 65.7 Å². The van der Waals surface area contributed by atoms with Crippen molar-refractivity contribution in [3.63, 3.8) is 0 Å². The van der Waals surface area contributed by atoms with Crippen molar-refractivity contribution >= 4 is 5.97 Å². The molecule has 1 fully saturated rings. The highest BCUT2D eigenvalue weighted by Gasteiger charge is 2.41. The van der Waals surface area contributed by atoms with Gasteiger partial charge in [0, 0.05) is 5.54 Å². The molecule has 0 spiro atoms. The number of carbonyl (C=O) groups excluding carboxylic acids is 1. The quantitative estimate of drug-likeness (QED) is 0.709. The second-order valence-corrected chi connectivity index (χ2v) is 5.42. The number of ether oxygens (including phenoxy) is 1. The molecule has 1 N–H and O–H groups in total. The first-order chi connectivity index (χ1) is 8.68. The molecule has 1 rings (SSSR count). The summed E-state index contributed by atoms with van der Waals surface area (Å²) in [5, 5.41) is 3.67. The number of carbonyl (C=O) groups is 1. The molecular weight excluding hydrogens is 226 g/mol. The Bertz CT molecular complexity index is 255. The lowest BCUT2D eigenvalue weighted by Gasteiger charge is -2.44. The molecule has 0 heterocycles. The van der Waals surface area contributed by atoms with Gasteiger partial charge in [-0.05, 0) is 38.6 Å². The summed E-state index contributed by atoms with van der Waals surface area (Å²) < 4.78 is 5.16. The Hall–Kier alpha value is -0.570. The fraction of sp³-hybridized carbons (Fsp3) is 0.933. The van der Waals surface area contributed by atoms with Crippen LogP contribution in [0.2, 0.25) is 0 Å². The third-order valence-electron chi connectivity index (χ3n) is 4.19. The number of hydrogen-bond acceptors (Lipinski definition) is 3. The van der Waals surface area contributed by atoms with E-state index in [1.807, 2.05) is 6.92 Å². The van der Waals surface area contributed by atoms with E-state index >= 15 is 0 Å². The predicted molar refractivity (Wildman–Crippen MR) is 74.5 cm³/mol. The first-order valence-electron chi connectivity index (χ1n) is 7.59. The van der Waals surface area contributed by atoms with Gasteiger partial charge in [-0.25, -0.2) is 0 Å². The normalized spacial score (nSPS) is 28.1. The summed E-state index contributed by atoms with van der Waals surface area (Å²) in [6.45, 7) is 7.77. The SMILES string of the molecule is CCCNC1(CC(=O)OCC)CCCCC1CC. The minimum Gasteiger partial charge on any atom is -0.466 e. The van der Waals surface area contributed by atoms with E-state index < -0.39 is 0 Å². The summed E-state index contributed by atoms with van der Waals surface area (Å²) in [6, 6.07) is 0. The Balaban J connectivity index is 2.74. The maximum Gasteiger partial charge on any atom is 0.307 e. The van der Waals surface area contributed by atoms with Gasteiger partial charge in [-0.1, -0.05) is 33.1 Å². The third-order valence-corrected chi connectivity index (χ3v) is 4.19. The van der Waals surface area contributed by atoms with E-state index in [4.69, 9.17) is 4.74 Å². The highest BCUT2D eigenvalue weighted by molar-refractivity contribution is 5.71. The second kappa shape index (κ2) is 7.78. The molecule has 0 bridgehead atoms. The van der Waals surface area contributed by atoms with Crippen molar-refractivity contribution < 1.29 is 9.53 Å². The molecule has 0 aromatic rings. The van der Waals surface area contributed by atoms with Crippen molar-refractivity contribution in [3.05, 3.63) is 0 Å². The van der Waals surface area contributed by atoms with Gasteiger partial charge in [0.25, 0.3) is 0 Å². The first-order valence-corrected chi connectivity index (χ1v) is 7.59. The summed E-state index contributed by atoms with van der Waals surface area (Å²) in [7, 11) is 0. The van der Waals surface area contributed by atoms with Crippen molar-refractivity contribution in [2.24, 2.45) is 5.92 Å². The molecule has 106 valence electrons. The molecule has 0 aromatic heterocycles. The lowest BCUT2D eigenvalue weighted by molar-refractivity contribution is -0.146. The Labute approximate surface area is 112 Å². The third kappa shape index (κ3) is 3.98. The fourth-order valence-electron chi connectivity index (χ4n) is 3.28. The topological polar surface area (TPSA) is 38.3 Å². The molecule has 3 heteroatoms. The van der Waals surface area contributed by atoms with Gasteiger partial charge < -0.3 is 10.1 Å². The average Bonchev–Trinajstić information content (AvgIpc) is 2.37. The summed E-state index contributed by atoms with van der Waals surface area (Å²) >= 11 is 0. The molecular formula is C15H29NO2. The van der Waals surface area contributed by atoms with Crippen LogP contribution in [0, 0.1) is 5.92 Å². The van der Waals surface area contributed by atoms with Gasteiger partial charge in [0.1, 0.15) is 0 Å². The van der Waals surface area contributed by atoms with Gasteiger partial charge in [-0.2, -0.15) is 0 Å². The number of nitrogens with one attached hydrogen (secondary N) is 1. The van der Waals surface area contributed by atoms with Gasteiger partial charge >= 0.3 is 5.97 Å². The minimum atomic E-state index is -0.0403. The zero-order valence-corrected chi connectivity index (χ0v) is 12.3. The van der Waals surface area contributed by atoms with Gasteiger partial charge in [0.2, 0.25) is 0 Å². The molecule has 2 unspecified atom stereocenters. The van der Waals surface area contributed by atoms with Crippen LogP contribution in [0.4, 0.5) is 0 Å². The van der Waals surface area contributed by atoms with Crippen LogP contribution in [0.15, 0.2) is 0 Å². The van der Waals surface area contributed by atoms with Crippen LogP contribution in [-0.2, 0) is 9.53 Å². The van der Waals surface area contributed by atoms with Crippen molar-refractivity contribution in [2.45, 2.75) is 71.3 Å². The summed E-state index contributed by atoms with van der Waals surface area (Å²) in [6.07, 6.45) is 7.69. The molecule has 18 heavy (non-hydrogen) atoms. The van der Waals surface area contributed by atoms with Crippen molar-refractivity contribution in [3.8, 4) is 0 Å². The van der Waals surface area contributed by atoms with Crippen LogP contribution in [0.25, 0.3) is 0 Å². The van der Waals surface area contributed by atoms with E-state index in [0.29, 0.717) is 18.9 Å². The first kappa shape index (κ1) is 15.5. The van der Waals surface area contributed by atoms with Gasteiger partial charge in [-0.15, -0.1) is 0 Å². The monoisotopic (exact) mass is 255 g/mol. The van der Waals surface area contributed by atoms with E-state index in [1.54, 1.807) is 0 Å². The van der Waals surface area contributed by atoms with E-state index in [2.05, 4.69) is 19.2 Å². The zero-order chi connectivity index (χ0) is 13.4. The predicted octanol–water partition coefficient (Wildman–Crippen LogP) is 3.28. The van der Waals surface area contributed by atoms with E-state index in [0.717, 1.165) is 25.8 Å². The van der Waals surface area contributed by atoms with Gasteiger partial charge in [0.15, 0.2) is 0 Å². The number of rotatable bonds is 7. The molecule has 3 nitrogen and oxygen atoms in total. The molecule has 0 aromatic carbocycles. The fourth-order valence-corrected chi connectivity index (χ4v) is 3.28. The van der Waals surface area contributed by atoms with E-state index in [1.165, 1.54) is 19.3 Å². The Morgan fingerprint density at radius 2 is 2.11 bits per heavy atom. The molecule has 0 amide bonds. The van der Waals surface area contributed by atoms with Crippen LogP contribution in [-0.4, -0.2) is 24.7 Å². The number of hydrogen-bond donors (Lipinski definition) is 1. The van der Waals surface area contributed by atoms with Crippen molar-refractivity contribution in [1.82, 2.24) is 5.32 Å². The second-order valence-electron chi connectivity index (χ2n) is 5.42. The van der Waals surface area contributed by atoms with E-state index in [-0.39, 0.29) is 11.5 Å². The highest BCUT2D eigenvalue weighted by atomic mass is 16.5. The summed E-state index contributed by atoms with van der Waals surface area (Å²) in [4.78, 5) is 11.9. The number of esters is 1. The van der Waals surface area contributed by atoms with Crippen LogP contribution in [0.3, 0.4) is 0 Å².